The molecule has 0 bridgehead atoms. The smallest absolute Gasteiger partial charge is 0.243 e. The molecule has 10 heteroatoms. The van der Waals surface area contributed by atoms with Crippen LogP contribution in [0.25, 0.3) is 0 Å². The number of carbonyl (C=O) groups is 4. The molecule has 1 aromatic carbocycles. The molecule has 4 rings (SSSR count). The maximum absolute atomic E-state index is 13.1. The largest absolute Gasteiger partial charge is 0.494 e. The molecule has 0 radical (unpaired) electrons. The Balaban J connectivity index is 1.21. The van der Waals surface area contributed by atoms with Crippen LogP contribution in [0.3, 0.4) is 0 Å². The van der Waals surface area contributed by atoms with Crippen molar-refractivity contribution in [2.45, 2.75) is 63.6 Å². The van der Waals surface area contributed by atoms with Crippen molar-refractivity contribution in [3.63, 3.8) is 0 Å². The summed E-state index contributed by atoms with van der Waals surface area (Å²) in [6.45, 7) is 3.76. The lowest BCUT2D eigenvalue weighted by molar-refractivity contribution is -0.140. The average molecular weight is 500 g/mol. The van der Waals surface area contributed by atoms with E-state index in [4.69, 9.17) is 10.5 Å². The molecule has 36 heavy (non-hydrogen) atoms. The highest BCUT2D eigenvalue weighted by Crippen LogP contribution is 2.59. The molecular formula is C26H37N5O5. The summed E-state index contributed by atoms with van der Waals surface area (Å²) in [4.78, 5) is 53.9. The number of likely N-dealkylation sites (tertiary alicyclic amines) is 2. The van der Waals surface area contributed by atoms with Crippen molar-refractivity contribution in [2.75, 3.05) is 32.8 Å². The van der Waals surface area contributed by atoms with E-state index in [0.717, 1.165) is 12.2 Å². The Morgan fingerprint density at radius 3 is 2.64 bits per heavy atom. The van der Waals surface area contributed by atoms with Gasteiger partial charge >= 0.3 is 0 Å². The number of hydrogen-bond acceptors (Lipinski definition) is 6. The number of carbonyl (C=O) groups excluding carboxylic acids is 4. The van der Waals surface area contributed by atoms with Gasteiger partial charge in [-0.15, -0.1) is 0 Å². The van der Waals surface area contributed by atoms with E-state index in [1.54, 1.807) is 9.80 Å². The van der Waals surface area contributed by atoms with Crippen molar-refractivity contribution < 1.29 is 23.9 Å². The van der Waals surface area contributed by atoms with Gasteiger partial charge < -0.3 is 30.9 Å². The second kappa shape index (κ2) is 11.3. The molecule has 10 nitrogen and oxygen atoms in total. The van der Waals surface area contributed by atoms with Crippen LogP contribution in [0.2, 0.25) is 0 Å². The summed E-state index contributed by atoms with van der Waals surface area (Å²) in [6, 6.07) is 8.75. The Labute approximate surface area is 211 Å². The fraction of sp³-hybridized carbons (Fsp3) is 0.615. The standard InChI is InChI=1S/C26H37N5O5/c1-26-14-20(25(35)29-18-10-12-30(17-18)23(33)9-11-27)31(21(26)15-26)24(34)16-28-22(32)8-5-13-36-19-6-3-2-4-7-19/h2-4,6-7,18,20-21H,5,8-17,27H2,1H3,(H,28,32)(H,29,35)/t18?,20-,21-,26+/m0/s1. The van der Waals surface area contributed by atoms with Crippen LogP contribution in [0, 0.1) is 5.41 Å². The van der Waals surface area contributed by atoms with E-state index in [0.29, 0.717) is 51.9 Å². The average Bonchev–Trinajstić information content (AvgIpc) is 3.18. The first-order valence-corrected chi connectivity index (χ1v) is 12.8. The lowest BCUT2D eigenvalue weighted by Gasteiger charge is -2.28. The van der Waals surface area contributed by atoms with Gasteiger partial charge in [-0.3, -0.25) is 19.2 Å². The fourth-order valence-corrected chi connectivity index (χ4v) is 5.34. The Morgan fingerprint density at radius 1 is 1.11 bits per heavy atom. The Kier molecular flexibility index (Phi) is 8.13. The first kappa shape index (κ1) is 25.9. The van der Waals surface area contributed by atoms with Crippen molar-refractivity contribution in [2.24, 2.45) is 11.1 Å². The molecular weight excluding hydrogens is 462 g/mol. The van der Waals surface area contributed by atoms with Crippen LogP contribution in [-0.4, -0.2) is 84.3 Å². The quantitative estimate of drug-likeness (QED) is 0.378. The first-order chi connectivity index (χ1) is 17.3. The van der Waals surface area contributed by atoms with Crippen molar-refractivity contribution >= 4 is 23.6 Å². The lowest BCUT2D eigenvalue weighted by Crippen LogP contribution is -2.52. The number of nitrogens with one attached hydrogen (secondary N) is 2. The molecule has 2 heterocycles. The summed E-state index contributed by atoms with van der Waals surface area (Å²) < 4.78 is 5.59. The molecule has 3 aliphatic rings. The minimum atomic E-state index is -0.550. The van der Waals surface area contributed by atoms with Gasteiger partial charge in [-0.05, 0) is 43.2 Å². The lowest BCUT2D eigenvalue weighted by atomic mass is 10.0. The van der Waals surface area contributed by atoms with E-state index in [9.17, 15) is 19.2 Å². The molecule has 0 aromatic heterocycles. The van der Waals surface area contributed by atoms with Crippen molar-refractivity contribution in [3.05, 3.63) is 30.3 Å². The predicted octanol–water partition coefficient (Wildman–Crippen LogP) is 0.407. The van der Waals surface area contributed by atoms with Gasteiger partial charge in [-0.25, -0.2) is 0 Å². The van der Waals surface area contributed by atoms with Crippen LogP contribution >= 0.6 is 0 Å². The molecule has 1 aromatic rings. The molecule has 0 spiro atoms. The van der Waals surface area contributed by atoms with Crippen LogP contribution in [0.4, 0.5) is 0 Å². The summed E-state index contributed by atoms with van der Waals surface area (Å²) in [5.74, 6) is 0.127. The SMILES string of the molecule is C[C@@]12C[C@@H]1N(C(=O)CNC(=O)CCCOc1ccccc1)[C@H](C(=O)NC1CCN(C(=O)CCN)C1)C2. The third kappa shape index (κ3) is 6.16. The zero-order valence-electron chi connectivity index (χ0n) is 20.9. The molecule has 196 valence electrons. The zero-order chi connectivity index (χ0) is 25.7. The number of hydrogen-bond donors (Lipinski definition) is 3. The van der Waals surface area contributed by atoms with Crippen LogP contribution in [-0.2, 0) is 19.2 Å². The van der Waals surface area contributed by atoms with Crippen LogP contribution in [0.1, 0.15) is 45.4 Å². The minimum Gasteiger partial charge on any atom is -0.494 e. The Morgan fingerprint density at radius 2 is 1.89 bits per heavy atom. The zero-order valence-corrected chi connectivity index (χ0v) is 20.9. The number of ether oxygens (including phenoxy) is 1. The number of fused-ring (bicyclic) bond motifs is 1. The third-order valence-electron chi connectivity index (χ3n) is 7.47. The van der Waals surface area contributed by atoms with Gasteiger partial charge in [0.05, 0.1) is 13.2 Å². The van der Waals surface area contributed by atoms with Crippen LogP contribution in [0.15, 0.2) is 30.3 Å². The number of nitrogens with two attached hydrogens (primary N) is 1. The highest BCUT2D eigenvalue weighted by molar-refractivity contribution is 5.92. The van der Waals surface area contributed by atoms with Crippen LogP contribution < -0.4 is 21.1 Å². The first-order valence-electron chi connectivity index (χ1n) is 12.8. The predicted molar refractivity (Wildman–Crippen MR) is 133 cm³/mol. The van der Waals surface area contributed by atoms with Gasteiger partial charge in [0.25, 0.3) is 0 Å². The Bertz CT molecular complexity index is 973. The molecule has 4 atom stereocenters. The number of para-hydroxylation sites is 1. The summed E-state index contributed by atoms with van der Waals surface area (Å²) in [5.41, 5.74) is 5.43. The number of rotatable bonds is 11. The van der Waals surface area contributed by atoms with E-state index >= 15 is 0 Å². The molecule has 2 saturated heterocycles. The maximum Gasteiger partial charge on any atom is 0.243 e. The highest BCUT2D eigenvalue weighted by atomic mass is 16.5. The van der Waals surface area contributed by atoms with Crippen molar-refractivity contribution in [3.8, 4) is 5.75 Å². The molecule has 1 aliphatic carbocycles. The van der Waals surface area contributed by atoms with Gasteiger partial charge in [-0.1, -0.05) is 25.1 Å². The molecule has 2 aliphatic heterocycles. The van der Waals surface area contributed by atoms with Gasteiger partial charge in [0.2, 0.25) is 23.6 Å². The number of piperidine rings is 1. The van der Waals surface area contributed by atoms with E-state index < -0.39 is 6.04 Å². The third-order valence-corrected chi connectivity index (χ3v) is 7.47. The molecule has 1 unspecified atom stereocenters. The van der Waals surface area contributed by atoms with Crippen LogP contribution in [0.5, 0.6) is 5.75 Å². The van der Waals surface area contributed by atoms with Gasteiger partial charge in [-0.2, -0.15) is 0 Å². The van der Waals surface area contributed by atoms with E-state index in [2.05, 4.69) is 17.6 Å². The van der Waals surface area contributed by atoms with Crippen molar-refractivity contribution in [1.29, 1.82) is 0 Å². The minimum absolute atomic E-state index is 0.00282. The van der Waals surface area contributed by atoms with Gasteiger partial charge in [0, 0.05) is 44.6 Å². The highest BCUT2D eigenvalue weighted by Gasteiger charge is 2.64. The van der Waals surface area contributed by atoms with Gasteiger partial charge in [0.1, 0.15) is 11.8 Å². The second-order valence-corrected chi connectivity index (χ2v) is 10.3. The number of amides is 4. The van der Waals surface area contributed by atoms with E-state index in [1.165, 1.54) is 0 Å². The summed E-state index contributed by atoms with van der Waals surface area (Å²) in [7, 11) is 0. The normalized spacial score (nSPS) is 26.3. The fourth-order valence-electron chi connectivity index (χ4n) is 5.34. The summed E-state index contributed by atoms with van der Waals surface area (Å²) >= 11 is 0. The van der Waals surface area contributed by atoms with E-state index in [1.807, 2.05) is 30.3 Å². The topological polar surface area (TPSA) is 134 Å². The second-order valence-electron chi connectivity index (χ2n) is 10.3. The molecule has 1 saturated carbocycles. The summed E-state index contributed by atoms with van der Waals surface area (Å²) in [6.07, 6.45) is 3.27. The molecule has 3 fully saturated rings. The molecule has 4 N–H and O–H groups in total. The van der Waals surface area contributed by atoms with E-state index in [-0.39, 0.29) is 54.1 Å². The Hall–Kier alpha value is -3.14. The number of benzene rings is 1. The summed E-state index contributed by atoms with van der Waals surface area (Å²) in [5, 5.41) is 5.75. The monoisotopic (exact) mass is 499 g/mol. The maximum atomic E-state index is 13.1. The van der Waals surface area contributed by atoms with Crippen molar-refractivity contribution in [1.82, 2.24) is 20.4 Å². The van der Waals surface area contributed by atoms with Gasteiger partial charge in [0.15, 0.2) is 0 Å². The number of nitrogens with zero attached hydrogens (tertiary/aromatic N) is 2. The molecule has 4 amide bonds.